The van der Waals surface area contributed by atoms with Crippen LogP contribution < -0.4 is 0 Å². The lowest BCUT2D eigenvalue weighted by Gasteiger charge is -2.21. The Morgan fingerprint density at radius 3 is 2.84 bits per heavy atom. The number of imidazole rings is 1. The van der Waals surface area contributed by atoms with E-state index in [0.29, 0.717) is 6.61 Å². The fraction of sp³-hybridized carbons (Fsp3) is 0.692. The summed E-state index contributed by atoms with van der Waals surface area (Å²) >= 11 is 1.27. The van der Waals surface area contributed by atoms with Crippen molar-refractivity contribution in [3.8, 4) is 0 Å². The van der Waals surface area contributed by atoms with Gasteiger partial charge in [-0.2, -0.15) is 0 Å². The van der Waals surface area contributed by atoms with Crippen molar-refractivity contribution in [3.05, 3.63) is 11.9 Å². The third-order valence-electron chi connectivity index (χ3n) is 2.87. The quantitative estimate of drug-likeness (QED) is 0.707. The number of carbonyl (C=O) groups is 1. The lowest BCUT2D eigenvalue weighted by molar-refractivity contribution is -0.133. The Morgan fingerprint density at radius 1 is 1.58 bits per heavy atom. The predicted molar refractivity (Wildman–Crippen MR) is 75.8 cm³/mol. The largest absolute Gasteiger partial charge is 0.481 e. The number of hydrogen-bond donors (Lipinski definition) is 1. The first kappa shape index (κ1) is 16.0. The van der Waals surface area contributed by atoms with Crippen LogP contribution in [0.25, 0.3) is 0 Å². The number of rotatable bonds is 9. The predicted octanol–water partition coefficient (Wildman–Crippen LogP) is 2.61. The zero-order valence-electron chi connectivity index (χ0n) is 11.8. The molecule has 0 aromatic carbocycles. The van der Waals surface area contributed by atoms with Gasteiger partial charge in [-0.3, -0.25) is 4.79 Å². The maximum Gasteiger partial charge on any atom is 0.313 e. The van der Waals surface area contributed by atoms with Gasteiger partial charge in [-0.25, -0.2) is 4.98 Å². The van der Waals surface area contributed by atoms with Crippen molar-refractivity contribution in [1.29, 1.82) is 0 Å². The number of ether oxygens (including phenoxy) is 1. The molecule has 1 aromatic heterocycles. The summed E-state index contributed by atoms with van der Waals surface area (Å²) in [6.45, 7) is 4.84. The molecule has 0 fully saturated rings. The van der Waals surface area contributed by atoms with Crippen LogP contribution in [0.3, 0.4) is 0 Å². The second-order valence-corrected chi connectivity index (χ2v) is 5.28. The highest BCUT2D eigenvalue weighted by Gasteiger charge is 2.18. The summed E-state index contributed by atoms with van der Waals surface area (Å²) in [5.41, 5.74) is 1.13. The second-order valence-electron chi connectivity index (χ2n) is 4.34. The Morgan fingerprint density at radius 2 is 2.32 bits per heavy atom. The van der Waals surface area contributed by atoms with E-state index in [1.807, 2.05) is 6.20 Å². The highest BCUT2D eigenvalue weighted by atomic mass is 32.2. The maximum absolute atomic E-state index is 10.7. The van der Waals surface area contributed by atoms with Crippen LogP contribution >= 0.6 is 11.8 Å². The topological polar surface area (TPSA) is 64.4 Å². The van der Waals surface area contributed by atoms with E-state index in [0.717, 1.165) is 30.1 Å². The van der Waals surface area contributed by atoms with Gasteiger partial charge >= 0.3 is 5.97 Å². The van der Waals surface area contributed by atoms with Crippen LogP contribution in [0.15, 0.2) is 11.4 Å². The molecule has 0 aliphatic rings. The van der Waals surface area contributed by atoms with E-state index in [1.54, 1.807) is 7.11 Å². The molecule has 1 atom stereocenters. The summed E-state index contributed by atoms with van der Waals surface area (Å²) in [5.74, 6) is -0.789. The Bertz CT molecular complexity index is 401. The molecule has 1 rings (SSSR count). The van der Waals surface area contributed by atoms with Crippen LogP contribution in [0.4, 0.5) is 0 Å². The number of aromatic nitrogens is 2. The summed E-state index contributed by atoms with van der Waals surface area (Å²) in [4.78, 5) is 15.1. The first-order chi connectivity index (χ1) is 9.13. The molecular formula is C13H22N2O3S. The molecule has 0 spiro atoms. The van der Waals surface area contributed by atoms with Gasteiger partial charge in [0.2, 0.25) is 0 Å². The normalized spacial score (nSPS) is 12.6. The van der Waals surface area contributed by atoms with Crippen molar-refractivity contribution in [2.45, 2.75) is 44.3 Å². The lowest BCUT2D eigenvalue weighted by atomic mass is 10.1. The van der Waals surface area contributed by atoms with E-state index in [1.165, 1.54) is 11.8 Å². The van der Waals surface area contributed by atoms with Crippen molar-refractivity contribution in [2.24, 2.45) is 0 Å². The zero-order valence-corrected chi connectivity index (χ0v) is 12.6. The molecule has 1 N–H and O–H groups in total. The summed E-state index contributed by atoms with van der Waals surface area (Å²) in [5, 5.41) is 9.57. The SMILES string of the molecule is CCCC(COC)n1c(CC)cnc1SCC(=O)O. The third kappa shape index (κ3) is 4.54. The number of nitrogens with zero attached hydrogens (tertiary/aromatic N) is 2. The zero-order chi connectivity index (χ0) is 14.3. The van der Waals surface area contributed by atoms with Gasteiger partial charge < -0.3 is 14.4 Å². The Labute approximate surface area is 118 Å². The van der Waals surface area contributed by atoms with Crippen LogP contribution in [0.2, 0.25) is 0 Å². The molecule has 5 nitrogen and oxygen atoms in total. The molecule has 0 amide bonds. The fourth-order valence-corrected chi connectivity index (χ4v) is 2.86. The fourth-order valence-electron chi connectivity index (χ4n) is 2.07. The van der Waals surface area contributed by atoms with Crippen LogP contribution in [0.5, 0.6) is 0 Å². The molecule has 108 valence electrons. The smallest absolute Gasteiger partial charge is 0.313 e. The second kappa shape index (κ2) is 8.22. The van der Waals surface area contributed by atoms with Crippen LogP contribution in [0.1, 0.15) is 38.4 Å². The minimum absolute atomic E-state index is 0.0337. The summed E-state index contributed by atoms with van der Waals surface area (Å²) in [6, 6.07) is 0.226. The monoisotopic (exact) mass is 286 g/mol. The molecule has 0 bridgehead atoms. The number of carboxylic acid groups (broad SMARTS) is 1. The van der Waals surface area contributed by atoms with Crippen LogP contribution in [0, 0.1) is 0 Å². The number of aliphatic carboxylic acids is 1. The number of aryl methyl sites for hydroxylation is 1. The van der Waals surface area contributed by atoms with E-state index in [-0.39, 0.29) is 11.8 Å². The van der Waals surface area contributed by atoms with Crippen LogP contribution in [-0.2, 0) is 16.0 Å². The van der Waals surface area contributed by atoms with E-state index < -0.39 is 5.97 Å². The Hall–Kier alpha value is -1.01. The van der Waals surface area contributed by atoms with Gasteiger partial charge in [0.1, 0.15) is 0 Å². The molecule has 0 aliphatic heterocycles. The average molecular weight is 286 g/mol. The van der Waals surface area contributed by atoms with Gasteiger partial charge in [0, 0.05) is 19.0 Å². The van der Waals surface area contributed by atoms with E-state index >= 15 is 0 Å². The molecule has 1 unspecified atom stereocenters. The molecule has 0 radical (unpaired) electrons. The number of carboxylic acids is 1. The van der Waals surface area contributed by atoms with Crippen LogP contribution in [-0.4, -0.2) is 40.1 Å². The number of hydrogen-bond acceptors (Lipinski definition) is 4. The van der Waals surface area contributed by atoms with Gasteiger partial charge in [0.05, 0.1) is 18.4 Å². The molecule has 1 heterocycles. The lowest BCUT2D eigenvalue weighted by Crippen LogP contribution is -2.18. The third-order valence-corrected chi connectivity index (χ3v) is 3.82. The number of thioether (sulfide) groups is 1. The van der Waals surface area contributed by atoms with Gasteiger partial charge in [-0.15, -0.1) is 0 Å². The van der Waals surface area contributed by atoms with E-state index in [2.05, 4.69) is 23.4 Å². The highest BCUT2D eigenvalue weighted by molar-refractivity contribution is 7.99. The van der Waals surface area contributed by atoms with Gasteiger partial charge in [-0.05, 0) is 12.8 Å². The molecule has 0 aliphatic carbocycles. The van der Waals surface area contributed by atoms with Crippen molar-refractivity contribution in [3.63, 3.8) is 0 Å². The molecule has 0 saturated heterocycles. The maximum atomic E-state index is 10.7. The molecule has 19 heavy (non-hydrogen) atoms. The van der Waals surface area contributed by atoms with Crippen molar-refractivity contribution >= 4 is 17.7 Å². The molecule has 0 saturated carbocycles. The van der Waals surface area contributed by atoms with Gasteiger partial charge in [0.25, 0.3) is 0 Å². The highest BCUT2D eigenvalue weighted by Crippen LogP contribution is 2.26. The summed E-state index contributed by atoms with van der Waals surface area (Å²) in [7, 11) is 1.69. The van der Waals surface area contributed by atoms with Crippen molar-refractivity contribution in [2.75, 3.05) is 19.5 Å². The Balaban J connectivity index is 2.97. The first-order valence-corrected chi connectivity index (χ1v) is 7.52. The number of methoxy groups -OCH3 is 1. The Kier molecular flexibility index (Phi) is 6.94. The minimum Gasteiger partial charge on any atom is -0.481 e. The van der Waals surface area contributed by atoms with Gasteiger partial charge in [0.15, 0.2) is 5.16 Å². The standard InChI is InChI=1S/C13H22N2O3S/c1-4-6-11(8-18-3)15-10(5-2)7-14-13(15)19-9-12(16)17/h7,11H,4-6,8-9H2,1-3H3,(H,16,17). The van der Waals surface area contributed by atoms with Crippen molar-refractivity contribution in [1.82, 2.24) is 9.55 Å². The molecule has 1 aromatic rings. The first-order valence-electron chi connectivity index (χ1n) is 6.53. The summed E-state index contributed by atoms with van der Waals surface area (Å²) < 4.78 is 7.43. The molecular weight excluding hydrogens is 264 g/mol. The van der Waals surface area contributed by atoms with Gasteiger partial charge in [-0.1, -0.05) is 32.0 Å². The minimum atomic E-state index is -0.823. The van der Waals surface area contributed by atoms with E-state index in [9.17, 15) is 4.79 Å². The van der Waals surface area contributed by atoms with Crippen molar-refractivity contribution < 1.29 is 14.6 Å². The molecule has 6 heteroatoms. The van der Waals surface area contributed by atoms with E-state index in [4.69, 9.17) is 9.84 Å². The average Bonchev–Trinajstić information content (AvgIpc) is 2.78. The summed E-state index contributed by atoms with van der Waals surface area (Å²) in [6.07, 6.45) is 4.77.